The lowest BCUT2D eigenvalue weighted by atomic mass is 10.1. The van der Waals surface area contributed by atoms with Gasteiger partial charge in [0, 0.05) is 12.5 Å². The Balaban J connectivity index is 3.69. The van der Waals surface area contributed by atoms with E-state index in [1.54, 1.807) is 20.8 Å². The van der Waals surface area contributed by atoms with Crippen LogP contribution in [0, 0.1) is 0 Å². The first-order chi connectivity index (χ1) is 6.72. The number of carbonyl (C=O) groups excluding carboxylic acids is 2. The fourth-order valence-corrected chi connectivity index (χ4v) is 0.977. The van der Waals surface area contributed by atoms with Gasteiger partial charge < -0.3 is 20.4 Å². The summed E-state index contributed by atoms with van der Waals surface area (Å²) >= 11 is 0. The predicted molar refractivity (Wildman–Crippen MR) is 52.7 cm³/mol. The highest BCUT2D eigenvalue weighted by Gasteiger charge is 2.16. The van der Waals surface area contributed by atoms with Crippen LogP contribution >= 0.6 is 0 Å². The molecule has 15 heavy (non-hydrogen) atoms. The van der Waals surface area contributed by atoms with Crippen molar-refractivity contribution >= 4 is 11.9 Å². The first-order valence-electron chi connectivity index (χ1n) is 4.90. The van der Waals surface area contributed by atoms with Crippen LogP contribution in [0.15, 0.2) is 0 Å². The maximum absolute atomic E-state index is 11.2. The van der Waals surface area contributed by atoms with Gasteiger partial charge in [0.25, 0.3) is 0 Å². The highest BCUT2D eigenvalue weighted by atomic mass is 16.6. The lowest BCUT2D eigenvalue weighted by Gasteiger charge is -2.19. The molecule has 5 heteroatoms. The second-order valence-electron chi connectivity index (χ2n) is 4.40. The molecule has 0 aromatic rings. The van der Waals surface area contributed by atoms with Crippen LogP contribution in [0.5, 0.6) is 0 Å². The standard InChI is InChI=1S/C10H19NO4/c1-10(2,3)15-8(12)6-4-5-7(11)9(13)14/h7H,4-6,11H2,1-3H3,(H,13,14)/p-1/t7-/m0/s1. The topological polar surface area (TPSA) is 92.5 Å². The molecule has 1 atom stereocenters. The number of hydrogen-bond donors (Lipinski definition) is 1. The fraction of sp³-hybridized carbons (Fsp3) is 0.800. The summed E-state index contributed by atoms with van der Waals surface area (Å²) in [6.45, 7) is 5.33. The van der Waals surface area contributed by atoms with Gasteiger partial charge in [0.15, 0.2) is 0 Å². The lowest BCUT2D eigenvalue weighted by Crippen LogP contribution is -2.41. The SMILES string of the molecule is CC(C)(C)OC(=O)CCC[C@H](N)C(=O)[O-]. The van der Waals surface area contributed by atoms with Crippen molar-refractivity contribution in [3.8, 4) is 0 Å². The van der Waals surface area contributed by atoms with Gasteiger partial charge in [-0.2, -0.15) is 0 Å². The van der Waals surface area contributed by atoms with Crippen LogP contribution in [-0.4, -0.2) is 23.6 Å². The fourth-order valence-electron chi connectivity index (χ4n) is 0.977. The van der Waals surface area contributed by atoms with Gasteiger partial charge in [-0.05, 0) is 33.6 Å². The quantitative estimate of drug-likeness (QED) is 0.630. The van der Waals surface area contributed by atoms with Crippen LogP contribution in [0.1, 0.15) is 40.0 Å². The summed E-state index contributed by atoms with van der Waals surface area (Å²) in [6, 6.07) is -1.01. The van der Waals surface area contributed by atoms with Gasteiger partial charge in [-0.1, -0.05) is 0 Å². The summed E-state index contributed by atoms with van der Waals surface area (Å²) in [7, 11) is 0. The van der Waals surface area contributed by atoms with Crippen molar-refractivity contribution in [1.29, 1.82) is 0 Å². The zero-order chi connectivity index (χ0) is 12.1. The van der Waals surface area contributed by atoms with Crippen molar-refractivity contribution in [2.45, 2.75) is 51.7 Å². The van der Waals surface area contributed by atoms with E-state index in [4.69, 9.17) is 10.5 Å². The third-order valence-corrected chi connectivity index (χ3v) is 1.62. The predicted octanol–water partition coefficient (Wildman–Crippen LogP) is -0.424. The van der Waals surface area contributed by atoms with Gasteiger partial charge in [0.2, 0.25) is 0 Å². The van der Waals surface area contributed by atoms with E-state index in [2.05, 4.69) is 0 Å². The Kier molecular flexibility index (Phi) is 5.28. The van der Waals surface area contributed by atoms with Crippen molar-refractivity contribution < 1.29 is 19.4 Å². The summed E-state index contributed by atoms with van der Waals surface area (Å²) < 4.78 is 5.04. The Bertz CT molecular complexity index is 232. The number of hydrogen-bond acceptors (Lipinski definition) is 5. The minimum Gasteiger partial charge on any atom is -0.548 e. The van der Waals surface area contributed by atoms with E-state index in [1.165, 1.54) is 0 Å². The lowest BCUT2D eigenvalue weighted by molar-refractivity contribution is -0.307. The summed E-state index contributed by atoms with van der Waals surface area (Å²) in [5, 5.41) is 10.3. The van der Waals surface area contributed by atoms with Crippen molar-refractivity contribution in [1.82, 2.24) is 0 Å². The molecule has 0 saturated heterocycles. The van der Waals surface area contributed by atoms with Gasteiger partial charge in [-0.25, -0.2) is 0 Å². The van der Waals surface area contributed by atoms with Gasteiger partial charge in [-0.3, -0.25) is 4.79 Å². The smallest absolute Gasteiger partial charge is 0.306 e. The number of carbonyl (C=O) groups is 2. The number of aliphatic carboxylic acids is 1. The van der Waals surface area contributed by atoms with Crippen LogP contribution in [-0.2, 0) is 14.3 Å². The molecule has 0 saturated carbocycles. The van der Waals surface area contributed by atoms with Crippen LogP contribution in [0.3, 0.4) is 0 Å². The molecule has 0 bridgehead atoms. The highest BCUT2D eigenvalue weighted by molar-refractivity contribution is 5.71. The molecule has 0 rings (SSSR count). The van der Waals surface area contributed by atoms with Crippen molar-refractivity contribution in [2.75, 3.05) is 0 Å². The molecular formula is C10H18NO4-. The monoisotopic (exact) mass is 216 g/mol. The second-order valence-corrected chi connectivity index (χ2v) is 4.40. The first kappa shape index (κ1) is 13.9. The molecule has 0 aliphatic heterocycles. The molecule has 0 aromatic carbocycles. The number of carboxylic acid groups (broad SMARTS) is 1. The van der Waals surface area contributed by atoms with E-state index in [0.29, 0.717) is 6.42 Å². The number of ether oxygens (including phenoxy) is 1. The average Bonchev–Trinajstić information content (AvgIpc) is 2.00. The molecule has 0 amide bonds. The number of rotatable bonds is 5. The van der Waals surface area contributed by atoms with Crippen LogP contribution in [0.2, 0.25) is 0 Å². The third kappa shape index (κ3) is 7.93. The zero-order valence-electron chi connectivity index (χ0n) is 9.41. The van der Waals surface area contributed by atoms with Gasteiger partial charge in [-0.15, -0.1) is 0 Å². The molecule has 0 aliphatic rings. The number of carboxylic acids is 1. The Morgan fingerprint density at radius 3 is 2.33 bits per heavy atom. The van der Waals surface area contributed by atoms with E-state index in [1.807, 2.05) is 0 Å². The molecule has 0 aliphatic carbocycles. The number of nitrogens with two attached hydrogens (primary N) is 1. The van der Waals surface area contributed by atoms with E-state index in [9.17, 15) is 14.7 Å². The summed E-state index contributed by atoms with van der Waals surface area (Å²) in [4.78, 5) is 21.4. The number of esters is 1. The van der Waals surface area contributed by atoms with E-state index < -0.39 is 17.6 Å². The second kappa shape index (κ2) is 5.70. The van der Waals surface area contributed by atoms with Gasteiger partial charge in [0.05, 0.1) is 5.97 Å². The van der Waals surface area contributed by atoms with Crippen molar-refractivity contribution in [2.24, 2.45) is 5.73 Å². The van der Waals surface area contributed by atoms with Crippen LogP contribution < -0.4 is 10.8 Å². The minimum atomic E-state index is -1.29. The normalized spacial score (nSPS) is 13.3. The Morgan fingerprint density at radius 1 is 1.40 bits per heavy atom. The molecule has 0 aromatic heterocycles. The van der Waals surface area contributed by atoms with Gasteiger partial charge >= 0.3 is 5.97 Å². The van der Waals surface area contributed by atoms with E-state index in [-0.39, 0.29) is 18.8 Å². The zero-order valence-corrected chi connectivity index (χ0v) is 9.41. The molecule has 0 heterocycles. The average molecular weight is 216 g/mol. The molecule has 2 N–H and O–H groups in total. The van der Waals surface area contributed by atoms with Crippen molar-refractivity contribution in [3.05, 3.63) is 0 Å². The minimum absolute atomic E-state index is 0.179. The van der Waals surface area contributed by atoms with E-state index >= 15 is 0 Å². The summed E-state index contributed by atoms with van der Waals surface area (Å²) in [5.41, 5.74) is 4.71. The summed E-state index contributed by atoms with van der Waals surface area (Å²) in [6.07, 6.45) is 0.796. The van der Waals surface area contributed by atoms with Crippen molar-refractivity contribution in [3.63, 3.8) is 0 Å². The molecule has 88 valence electrons. The largest absolute Gasteiger partial charge is 0.548 e. The van der Waals surface area contributed by atoms with Crippen LogP contribution in [0.4, 0.5) is 0 Å². The Hall–Kier alpha value is -1.10. The van der Waals surface area contributed by atoms with E-state index in [0.717, 1.165) is 0 Å². The molecule has 0 fully saturated rings. The Morgan fingerprint density at radius 2 is 1.93 bits per heavy atom. The molecular weight excluding hydrogens is 198 g/mol. The van der Waals surface area contributed by atoms with Crippen LogP contribution in [0.25, 0.3) is 0 Å². The van der Waals surface area contributed by atoms with Gasteiger partial charge in [0.1, 0.15) is 5.60 Å². The molecule has 0 spiro atoms. The maximum atomic E-state index is 11.2. The molecule has 0 radical (unpaired) electrons. The highest BCUT2D eigenvalue weighted by Crippen LogP contribution is 2.10. The molecule has 5 nitrogen and oxygen atoms in total. The summed E-state index contributed by atoms with van der Waals surface area (Å²) in [5.74, 6) is -1.63. The third-order valence-electron chi connectivity index (χ3n) is 1.62. The maximum Gasteiger partial charge on any atom is 0.306 e. The Labute approximate surface area is 89.6 Å². The first-order valence-corrected chi connectivity index (χ1v) is 4.90. The molecule has 0 unspecified atom stereocenters.